The molecule has 0 amide bonds. The average molecular weight is 181 g/mol. The third-order valence-corrected chi connectivity index (χ3v) is 1.40. The van der Waals surface area contributed by atoms with Crippen LogP contribution in [0.5, 0.6) is 0 Å². The van der Waals surface area contributed by atoms with Crippen molar-refractivity contribution in [3.63, 3.8) is 0 Å². The number of nitrogens with two attached hydrogens (primary N) is 2. The van der Waals surface area contributed by atoms with Crippen LogP contribution >= 0.6 is 0 Å². The van der Waals surface area contributed by atoms with Crippen molar-refractivity contribution in [1.29, 1.82) is 0 Å². The Morgan fingerprint density at radius 3 is 2.77 bits per heavy atom. The highest BCUT2D eigenvalue weighted by Crippen LogP contribution is 2.03. The van der Waals surface area contributed by atoms with Gasteiger partial charge < -0.3 is 16.6 Å². The molecule has 1 aromatic rings. The van der Waals surface area contributed by atoms with Gasteiger partial charge in [0, 0.05) is 12.4 Å². The Balaban J connectivity index is 2.70. The molecule has 1 aromatic heterocycles. The quantitative estimate of drug-likeness (QED) is 0.405. The number of rotatable bonds is 3. The van der Waals surface area contributed by atoms with Crippen molar-refractivity contribution in [3.8, 4) is 0 Å². The smallest absolute Gasteiger partial charge is 0.147 e. The van der Waals surface area contributed by atoms with E-state index < -0.39 is 0 Å². The predicted octanol–water partition coefficient (Wildman–Crippen LogP) is -1.09. The summed E-state index contributed by atoms with van der Waals surface area (Å²) in [7, 11) is 0. The number of nitrogen functional groups attached to an aromatic ring is 1. The maximum absolute atomic E-state index is 8.56. The second kappa shape index (κ2) is 4.36. The van der Waals surface area contributed by atoms with Crippen LogP contribution in [0.25, 0.3) is 0 Å². The van der Waals surface area contributed by atoms with E-state index in [0.29, 0.717) is 11.5 Å². The van der Waals surface area contributed by atoms with E-state index in [1.807, 2.05) is 0 Å². The number of hydrogen-bond acceptors (Lipinski definition) is 5. The van der Waals surface area contributed by atoms with E-state index in [1.165, 1.54) is 12.4 Å². The monoisotopic (exact) mass is 181 g/mol. The van der Waals surface area contributed by atoms with Crippen molar-refractivity contribution >= 4 is 11.7 Å². The minimum absolute atomic E-state index is 0.157. The Bertz CT molecular complexity index is 312. The molecule has 0 radical (unpaired) electrons. The number of hydrogen-bond donors (Lipinski definition) is 3. The van der Waals surface area contributed by atoms with Crippen LogP contribution in [-0.2, 0) is 6.54 Å². The van der Waals surface area contributed by atoms with Gasteiger partial charge in [0.05, 0.1) is 6.54 Å². The summed E-state index contributed by atoms with van der Waals surface area (Å²) in [5.41, 5.74) is 11.3. The summed E-state index contributed by atoms with van der Waals surface area (Å²) in [6.07, 6.45) is 3.02. The van der Waals surface area contributed by atoms with Gasteiger partial charge in [-0.2, -0.15) is 0 Å². The number of aliphatic hydroxyl groups is 1. The summed E-state index contributed by atoms with van der Waals surface area (Å²) < 4.78 is 0. The van der Waals surface area contributed by atoms with Gasteiger partial charge in [-0.05, 0) is 0 Å². The maximum Gasteiger partial charge on any atom is 0.147 e. The van der Waals surface area contributed by atoms with E-state index in [4.69, 9.17) is 16.6 Å². The number of aliphatic imine (C=N–C) groups is 1. The molecule has 13 heavy (non-hydrogen) atoms. The Morgan fingerprint density at radius 1 is 1.46 bits per heavy atom. The van der Waals surface area contributed by atoms with Crippen molar-refractivity contribution in [2.24, 2.45) is 10.7 Å². The molecular formula is C7H11N5O. The first-order valence-corrected chi connectivity index (χ1v) is 3.69. The lowest BCUT2D eigenvalue weighted by molar-refractivity contribution is 0.355. The topological polar surface area (TPSA) is 110 Å². The van der Waals surface area contributed by atoms with Gasteiger partial charge in [0.1, 0.15) is 24.0 Å². The summed E-state index contributed by atoms with van der Waals surface area (Å²) in [6, 6.07) is 0. The van der Waals surface area contributed by atoms with Gasteiger partial charge in [-0.15, -0.1) is 0 Å². The van der Waals surface area contributed by atoms with Crippen LogP contribution in [0.2, 0.25) is 0 Å². The second-order valence-electron chi connectivity index (χ2n) is 2.35. The van der Waals surface area contributed by atoms with Gasteiger partial charge in [0.25, 0.3) is 0 Å². The van der Waals surface area contributed by atoms with Crippen LogP contribution in [0, 0.1) is 0 Å². The zero-order valence-corrected chi connectivity index (χ0v) is 7.01. The maximum atomic E-state index is 8.56. The zero-order valence-electron chi connectivity index (χ0n) is 7.01. The summed E-state index contributed by atoms with van der Waals surface area (Å²) >= 11 is 0. The summed E-state index contributed by atoms with van der Waals surface area (Å²) in [6.45, 7) is -0.0216. The SMILES string of the molecule is NC(CO)=NCc1nccnc1N. The van der Waals surface area contributed by atoms with E-state index in [9.17, 15) is 0 Å². The van der Waals surface area contributed by atoms with Crippen LogP contribution in [0.4, 0.5) is 5.82 Å². The van der Waals surface area contributed by atoms with Crippen molar-refractivity contribution in [1.82, 2.24) is 9.97 Å². The molecule has 0 aliphatic rings. The van der Waals surface area contributed by atoms with Gasteiger partial charge in [-0.3, -0.25) is 9.98 Å². The van der Waals surface area contributed by atoms with Gasteiger partial charge in [-0.1, -0.05) is 0 Å². The molecular weight excluding hydrogens is 170 g/mol. The third kappa shape index (κ3) is 2.68. The van der Waals surface area contributed by atoms with Gasteiger partial charge >= 0.3 is 0 Å². The lowest BCUT2D eigenvalue weighted by atomic mass is 10.4. The summed E-state index contributed by atoms with van der Waals surface area (Å²) in [4.78, 5) is 11.6. The minimum atomic E-state index is -0.264. The first-order valence-electron chi connectivity index (χ1n) is 3.69. The van der Waals surface area contributed by atoms with Crippen LogP contribution < -0.4 is 11.5 Å². The lowest BCUT2D eigenvalue weighted by Gasteiger charge is -1.99. The van der Waals surface area contributed by atoms with Crippen molar-refractivity contribution < 1.29 is 5.11 Å². The molecule has 0 aliphatic carbocycles. The molecule has 70 valence electrons. The van der Waals surface area contributed by atoms with E-state index in [-0.39, 0.29) is 19.0 Å². The standard InChI is InChI=1S/C7H11N5O/c8-6(4-13)12-3-5-7(9)11-2-1-10-5/h1-2,13H,3-4H2,(H2,8,12)(H2,9,11). The molecule has 6 nitrogen and oxygen atoms in total. The molecule has 0 saturated heterocycles. The largest absolute Gasteiger partial charge is 0.388 e. The number of aliphatic hydroxyl groups excluding tert-OH is 1. The highest BCUT2D eigenvalue weighted by atomic mass is 16.3. The van der Waals surface area contributed by atoms with Crippen LogP contribution in [0.15, 0.2) is 17.4 Å². The Kier molecular flexibility index (Phi) is 3.15. The van der Waals surface area contributed by atoms with E-state index in [0.717, 1.165) is 0 Å². The average Bonchev–Trinajstić information content (AvgIpc) is 2.16. The molecule has 1 rings (SSSR count). The first kappa shape index (κ1) is 9.40. The highest BCUT2D eigenvalue weighted by molar-refractivity contribution is 5.81. The van der Waals surface area contributed by atoms with Crippen molar-refractivity contribution in [2.75, 3.05) is 12.3 Å². The van der Waals surface area contributed by atoms with Crippen LogP contribution in [0.1, 0.15) is 5.69 Å². The third-order valence-electron chi connectivity index (χ3n) is 1.40. The fourth-order valence-electron chi connectivity index (χ4n) is 0.726. The first-order chi connectivity index (χ1) is 6.24. The van der Waals surface area contributed by atoms with E-state index >= 15 is 0 Å². The van der Waals surface area contributed by atoms with Crippen LogP contribution in [0.3, 0.4) is 0 Å². The molecule has 0 aliphatic heterocycles. The second-order valence-corrected chi connectivity index (χ2v) is 2.35. The predicted molar refractivity (Wildman–Crippen MR) is 48.9 cm³/mol. The van der Waals surface area contributed by atoms with Crippen molar-refractivity contribution in [2.45, 2.75) is 6.54 Å². The van der Waals surface area contributed by atoms with E-state index in [1.54, 1.807) is 0 Å². The summed E-state index contributed by atoms with van der Waals surface area (Å²) in [5, 5.41) is 8.56. The molecule has 0 saturated carbocycles. The minimum Gasteiger partial charge on any atom is -0.388 e. The molecule has 1 heterocycles. The van der Waals surface area contributed by atoms with Crippen LogP contribution in [-0.4, -0.2) is 27.5 Å². The van der Waals surface area contributed by atoms with Gasteiger partial charge in [-0.25, -0.2) is 4.98 Å². The van der Waals surface area contributed by atoms with Gasteiger partial charge in [0.2, 0.25) is 0 Å². The number of aromatic nitrogens is 2. The van der Waals surface area contributed by atoms with Crippen molar-refractivity contribution in [3.05, 3.63) is 18.1 Å². The normalized spacial score (nSPS) is 11.6. The Hall–Kier alpha value is -1.69. The molecule has 0 fully saturated rings. The Labute approximate surface area is 75.3 Å². The number of anilines is 1. The molecule has 5 N–H and O–H groups in total. The Morgan fingerprint density at radius 2 is 2.15 bits per heavy atom. The number of nitrogens with zero attached hydrogens (tertiary/aromatic N) is 3. The zero-order chi connectivity index (χ0) is 9.68. The molecule has 0 atom stereocenters. The summed E-state index contributed by atoms with van der Waals surface area (Å²) in [5.74, 6) is 0.488. The fraction of sp³-hybridized carbons (Fsp3) is 0.286. The lowest BCUT2D eigenvalue weighted by Crippen LogP contribution is -2.16. The fourth-order valence-corrected chi connectivity index (χ4v) is 0.726. The van der Waals surface area contributed by atoms with Gasteiger partial charge in [0.15, 0.2) is 0 Å². The molecule has 6 heteroatoms. The highest BCUT2D eigenvalue weighted by Gasteiger charge is 1.98. The molecule has 0 bridgehead atoms. The number of amidine groups is 1. The molecule has 0 spiro atoms. The molecule has 0 aromatic carbocycles. The molecule has 0 unspecified atom stereocenters. The van der Waals surface area contributed by atoms with E-state index in [2.05, 4.69) is 15.0 Å².